The fraction of sp³-hybridized carbons (Fsp3) is 0.500. The van der Waals surface area contributed by atoms with Gasteiger partial charge in [-0.15, -0.1) is 0 Å². The largest absolute Gasteiger partial charge is 0.399 e. The molecule has 0 saturated carbocycles. The summed E-state index contributed by atoms with van der Waals surface area (Å²) in [7, 11) is -3.82. The normalized spacial score (nSPS) is 17.5. The zero-order valence-corrected chi connectivity index (χ0v) is 12.1. The highest BCUT2D eigenvalue weighted by atomic mass is 32.2. The maximum atomic E-state index is 13.6. The zero-order valence-electron chi connectivity index (χ0n) is 10.4. The molecule has 1 saturated heterocycles. The lowest BCUT2D eigenvalue weighted by molar-refractivity contribution is 0.475. The molecule has 1 aliphatic rings. The third-order valence-electron chi connectivity index (χ3n) is 3.15. The van der Waals surface area contributed by atoms with Gasteiger partial charge < -0.3 is 5.73 Å². The summed E-state index contributed by atoms with van der Waals surface area (Å²) in [6.45, 7) is 0.358. The number of halogens is 1. The van der Waals surface area contributed by atoms with Crippen molar-refractivity contribution in [2.24, 2.45) is 5.92 Å². The Bertz CT molecular complexity index is 543. The van der Waals surface area contributed by atoms with E-state index in [9.17, 15) is 12.8 Å². The van der Waals surface area contributed by atoms with Gasteiger partial charge in [-0.2, -0.15) is 11.8 Å². The number of hydrogen-bond acceptors (Lipinski definition) is 4. The SMILES string of the molecule is Nc1ccc(F)c(S(=O)(=O)NCC2CCSCC2)c1. The fourth-order valence-corrected chi connectivity index (χ4v) is 4.41. The van der Waals surface area contributed by atoms with E-state index < -0.39 is 15.8 Å². The number of anilines is 1. The minimum atomic E-state index is -3.82. The van der Waals surface area contributed by atoms with E-state index in [1.54, 1.807) is 0 Å². The molecule has 106 valence electrons. The van der Waals surface area contributed by atoms with Crippen LogP contribution in [0.2, 0.25) is 0 Å². The molecule has 0 aliphatic carbocycles. The first-order valence-corrected chi connectivity index (χ1v) is 8.75. The molecule has 7 heteroatoms. The number of thioether (sulfide) groups is 1. The van der Waals surface area contributed by atoms with Crippen molar-refractivity contribution in [2.75, 3.05) is 23.8 Å². The van der Waals surface area contributed by atoms with Gasteiger partial charge in [0.15, 0.2) is 0 Å². The van der Waals surface area contributed by atoms with Gasteiger partial charge in [0.05, 0.1) is 0 Å². The monoisotopic (exact) mass is 304 g/mol. The van der Waals surface area contributed by atoms with Crippen molar-refractivity contribution >= 4 is 27.5 Å². The van der Waals surface area contributed by atoms with Crippen LogP contribution in [0, 0.1) is 11.7 Å². The molecule has 1 aromatic carbocycles. The van der Waals surface area contributed by atoms with Crippen LogP contribution in [0.5, 0.6) is 0 Å². The van der Waals surface area contributed by atoms with Gasteiger partial charge in [0.25, 0.3) is 0 Å². The Kier molecular flexibility index (Phi) is 4.70. The Morgan fingerprint density at radius 1 is 1.37 bits per heavy atom. The molecule has 19 heavy (non-hydrogen) atoms. The molecule has 0 radical (unpaired) electrons. The smallest absolute Gasteiger partial charge is 0.243 e. The quantitative estimate of drug-likeness (QED) is 0.833. The molecule has 0 unspecified atom stereocenters. The Balaban J connectivity index is 2.07. The van der Waals surface area contributed by atoms with E-state index in [0.29, 0.717) is 12.5 Å². The summed E-state index contributed by atoms with van der Waals surface area (Å²) in [6, 6.07) is 3.56. The van der Waals surface area contributed by atoms with Crippen LogP contribution in [0.15, 0.2) is 23.1 Å². The lowest BCUT2D eigenvalue weighted by Gasteiger charge is -2.21. The molecule has 1 aliphatic heterocycles. The molecule has 0 atom stereocenters. The Hall–Kier alpha value is -0.790. The number of benzene rings is 1. The molecule has 1 fully saturated rings. The first-order valence-electron chi connectivity index (χ1n) is 6.11. The van der Waals surface area contributed by atoms with Crippen molar-refractivity contribution in [1.82, 2.24) is 4.72 Å². The summed E-state index contributed by atoms with van der Waals surface area (Å²) in [5.41, 5.74) is 5.73. The fourth-order valence-electron chi connectivity index (χ4n) is 1.98. The van der Waals surface area contributed by atoms with Gasteiger partial charge in [0.2, 0.25) is 10.0 Å². The molecule has 1 heterocycles. The highest BCUT2D eigenvalue weighted by Crippen LogP contribution is 2.23. The van der Waals surface area contributed by atoms with Crippen molar-refractivity contribution < 1.29 is 12.8 Å². The van der Waals surface area contributed by atoms with Crippen LogP contribution in [0.25, 0.3) is 0 Å². The van der Waals surface area contributed by atoms with Gasteiger partial charge in [-0.05, 0) is 48.5 Å². The van der Waals surface area contributed by atoms with E-state index in [-0.39, 0.29) is 10.6 Å². The predicted octanol–water partition coefficient (Wildman–Crippen LogP) is 1.83. The molecule has 0 spiro atoms. The van der Waals surface area contributed by atoms with Crippen LogP contribution < -0.4 is 10.5 Å². The lowest BCUT2D eigenvalue weighted by Crippen LogP contribution is -2.31. The van der Waals surface area contributed by atoms with Crippen molar-refractivity contribution in [3.05, 3.63) is 24.0 Å². The van der Waals surface area contributed by atoms with Crippen LogP contribution in [0.1, 0.15) is 12.8 Å². The van der Waals surface area contributed by atoms with Gasteiger partial charge in [-0.1, -0.05) is 0 Å². The Labute approximate surface area is 117 Å². The number of hydrogen-bond donors (Lipinski definition) is 2. The van der Waals surface area contributed by atoms with Crippen LogP contribution in [0.3, 0.4) is 0 Å². The third kappa shape index (κ3) is 3.84. The zero-order chi connectivity index (χ0) is 13.9. The van der Waals surface area contributed by atoms with Crippen molar-refractivity contribution in [1.29, 1.82) is 0 Å². The van der Waals surface area contributed by atoms with Gasteiger partial charge >= 0.3 is 0 Å². The van der Waals surface area contributed by atoms with Crippen molar-refractivity contribution in [2.45, 2.75) is 17.7 Å². The number of rotatable bonds is 4. The standard InChI is InChI=1S/C12H17FN2O2S2/c13-11-2-1-10(14)7-12(11)19(16,17)15-8-9-3-5-18-6-4-9/h1-2,7,9,15H,3-6,8,14H2. The average Bonchev–Trinajstić information content (AvgIpc) is 2.40. The van der Waals surface area contributed by atoms with Gasteiger partial charge in [0, 0.05) is 12.2 Å². The summed E-state index contributed by atoms with van der Waals surface area (Å²) in [5, 5.41) is 0. The van der Waals surface area contributed by atoms with E-state index >= 15 is 0 Å². The van der Waals surface area contributed by atoms with E-state index in [4.69, 9.17) is 5.73 Å². The molecule has 3 N–H and O–H groups in total. The van der Waals surface area contributed by atoms with Crippen LogP contribution in [-0.2, 0) is 10.0 Å². The van der Waals surface area contributed by atoms with E-state index in [2.05, 4.69) is 4.72 Å². The predicted molar refractivity (Wildman–Crippen MR) is 76.0 cm³/mol. The second-order valence-electron chi connectivity index (χ2n) is 4.60. The topological polar surface area (TPSA) is 72.2 Å². The summed E-state index contributed by atoms with van der Waals surface area (Å²) in [4.78, 5) is -0.377. The number of nitrogens with one attached hydrogen (secondary N) is 1. The highest BCUT2D eigenvalue weighted by Gasteiger charge is 2.21. The Morgan fingerprint density at radius 3 is 2.74 bits per heavy atom. The molecule has 0 aromatic heterocycles. The van der Waals surface area contributed by atoms with E-state index in [1.165, 1.54) is 6.07 Å². The molecular weight excluding hydrogens is 287 g/mol. The summed E-state index contributed by atoms with van der Waals surface area (Å²) in [6.07, 6.45) is 1.99. The van der Waals surface area contributed by atoms with Crippen LogP contribution >= 0.6 is 11.8 Å². The maximum Gasteiger partial charge on any atom is 0.243 e. The highest BCUT2D eigenvalue weighted by molar-refractivity contribution is 7.99. The molecule has 2 rings (SSSR count). The summed E-state index contributed by atoms with van der Waals surface area (Å²) < 4.78 is 40.1. The van der Waals surface area contributed by atoms with E-state index in [0.717, 1.165) is 36.5 Å². The maximum absolute atomic E-state index is 13.6. The van der Waals surface area contributed by atoms with Gasteiger partial charge in [-0.3, -0.25) is 0 Å². The Morgan fingerprint density at radius 2 is 2.05 bits per heavy atom. The molecule has 0 amide bonds. The van der Waals surface area contributed by atoms with Crippen molar-refractivity contribution in [3.63, 3.8) is 0 Å². The van der Waals surface area contributed by atoms with Crippen molar-refractivity contribution in [3.8, 4) is 0 Å². The van der Waals surface area contributed by atoms with Gasteiger partial charge in [0.1, 0.15) is 10.7 Å². The number of sulfonamides is 1. The first kappa shape index (κ1) is 14.6. The second kappa shape index (κ2) is 6.11. The number of nitrogens with two attached hydrogens (primary N) is 1. The first-order chi connectivity index (χ1) is 8.99. The third-order valence-corrected chi connectivity index (χ3v) is 5.64. The average molecular weight is 304 g/mol. The lowest BCUT2D eigenvalue weighted by atomic mass is 10.0. The summed E-state index contributed by atoms with van der Waals surface area (Å²) >= 11 is 1.88. The molecule has 0 bridgehead atoms. The minimum absolute atomic E-state index is 0.232. The molecule has 4 nitrogen and oxygen atoms in total. The molecule has 1 aromatic rings. The minimum Gasteiger partial charge on any atom is -0.399 e. The van der Waals surface area contributed by atoms with Gasteiger partial charge in [-0.25, -0.2) is 17.5 Å². The molecular formula is C12H17FN2O2S2. The number of nitrogen functional groups attached to an aromatic ring is 1. The van der Waals surface area contributed by atoms with E-state index in [1.807, 2.05) is 11.8 Å². The van der Waals surface area contributed by atoms with Crippen LogP contribution in [0.4, 0.5) is 10.1 Å². The second-order valence-corrected chi connectivity index (χ2v) is 7.56. The summed E-state index contributed by atoms with van der Waals surface area (Å²) in [5.74, 6) is 1.67. The van der Waals surface area contributed by atoms with Crippen LogP contribution in [-0.4, -0.2) is 26.5 Å².